The van der Waals surface area contributed by atoms with Crippen molar-refractivity contribution in [2.75, 3.05) is 44.5 Å². The molecule has 0 amide bonds. The van der Waals surface area contributed by atoms with Crippen molar-refractivity contribution in [3.63, 3.8) is 0 Å². The fraction of sp³-hybridized carbons (Fsp3) is 0.455. The highest BCUT2D eigenvalue weighted by atomic mass is 19.1. The first-order chi connectivity index (χ1) is 7.74. The minimum atomic E-state index is -0.334. The normalized spacial score (nSPS) is 10.4. The van der Waals surface area contributed by atoms with E-state index in [1.54, 1.807) is 13.2 Å². The number of halogens is 1. The van der Waals surface area contributed by atoms with E-state index >= 15 is 0 Å². The fourth-order valence-corrected chi connectivity index (χ4v) is 1.20. The van der Waals surface area contributed by atoms with Gasteiger partial charge in [-0.15, -0.1) is 0 Å². The standard InChI is InChI=1S/C11H17FN2O2/c1-15-6-7-16-5-4-14-11-3-2-9(12)8-10(11)13/h2-3,8,14H,4-7,13H2,1H3. The Bertz CT molecular complexity index is 321. The average molecular weight is 228 g/mol. The SMILES string of the molecule is COCCOCCNc1ccc(F)cc1N. The van der Waals surface area contributed by atoms with Gasteiger partial charge in [-0.25, -0.2) is 4.39 Å². The van der Waals surface area contributed by atoms with Crippen LogP contribution in [0.2, 0.25) is 0 Å². The lowest BCUT2D eigenvalue weighted by Gasteiger charge is -2.09. The largest absolute Gasteiger partial charge is 0.397 e. The molecule has 0 heterocycles. The van der Waals surface area contributed by atoms with Crippen molar-refractivity contribution < 1.29 is 13.9 Å². The van der Waals surface area contributed by atoms with E-state index in [-0.39, 0.29) is 5.82 Å². The van der Waals surface area contributed by atoms with Crippen LogP contribution in [-0.4, -0.2) is 33.5 Å². The second kappa shape index (κ2) is 7.03. The number of hydrogen-bond acceptors (Lipinski definition) is 4. The molecule has 0 aliphatic carbocycles. The Labute approximate surface area is 94.5 Å². The minimum Gasteiger partial charge on any atom is -0.397 e. The number of nitrogens with one attached hydrogen (secondary N) is 1. The highest BCUT2D eigenvalue weighted by Crippen LogP contribution is 2.18. The van der Waals surface area contributed by atoms with Crippen LogP contribution in [0.3, 0.4) is 0 Å². The topological polar surface area (TPSA) is 56.5 Å². The maximum absolute atomic E-state index is 12.7. The predicted molar refractivity (Wildman–Crippen MR) is 62.0 cm³/mol. The van der Waals surface area contributed by atoms with Gasteiger partial charge in [0, 0.05) is 13.7 Å². The predicted octanol–water partition coefficient (Wildman–Crippen LogP) is 1.48. The summed E-state index contributed by atoms with van der Waals surface area (Å²) in [5.74, 6) is -0.334. The summed E-state index contributed by atoms with van der Waals surface area (Å²) >= 11 is 0. The van der Waals surface area contributed by atoms with E-state index in [2.05, 4.69) is 5.32 Å². The monoisotopic (exact) mass is 228 g/mol. The van der Waals surface area contributed by atoms with Crippen LogP contribution in [0, 0.1) is 5.82 Å². The van der Waals surface area contributed by atoms with Gasteiger partial charge >= 0.3 is 0 Å². The minimum absolute atomic E-state index is 0.334. The zero-order chi connectivity index (χ0) is 11.8. The van der Waals surface area contributed by atoms with E-state index < -0.39 is 0 Å². The van der Waals surface area contributed by atoms with Crippen LogP contribution < -0.4 is 11.1 Å². The molecule has 4 nitrogen and oxygen atoms in total. The Morgan fingerprint density at radius 1 is 1.31 bits per heavy atom. The molecular weight excluding hydrogens is 211 g/mol. The molecule has 0 radical (unpaired) electrons. The number of ether oxygens (including phenoxy) is 2. The van der Waals surface area contributed by atoms with E-state index in [0.29, 0.717) is 32.1 Å². The lowest BCUT2D eigenvalue weighted by atomic mass is 10.2. The summed E-state index contributed by atoms with van der Waals surface area (Å²) in [5, 5.41) is 3.06. The van der Waals surface area contributed by atoms with Gasteiger partial charge < -0.3 is 20.5 Å². The quantitative estimate of drug-likeness (QED) is 0.548. The van der Waals surface area contributed by atoms with E-state index in [0.717, 1.165) is 5.69 Å². The summed E-state index contributed by atoms with van der Waals surface area (Å²) in [7, 11) is 1.63. The van der Waals surface area contributed by atoms with Gasteiger partial charge in [0.25, 0.3) is 0 Å². The second-order valence-electron chi connectivity index (χ2n) is 3.26. The zero-order valence-electron chi connectivity index (χ0n) is 9.33. The number of rotatable bonds is 7. The molecule has 0 aliphatic rings. The van der Waals surface area contributed by atoms with Gasteiger partial charge in [0.1, 0.15) is 5.82 Å². The number of methoxy groups -OCH3 is 1. The molecule has 0 spiro atoms. The van der Waals surface area contributed by atoms with Crippen LogP contribution in [-0.2, 0) is 9.47 Å². The Morgan fingerprint density at radius 3 is 2.81 bits per heavy atom. The number of anilines is 2. The van der Waals surface area contributed by atoms with Crippen molar-refractivity contribution in [1.82, 2.24) is 0 Å². The molecule has 3 N–H and O–H groups in total. The third-order valence-corrected chi connectivity index (χ3v) is 2.01. The van der Waals surface area contributed by atoms with Gasteiger partial charge in [-0.3, -0.25) is 0 Å². The van der Waals surface area contributed by atoms with E-state index in [9.17, 15) is 4.39 Å². The van der Waals surface area contributed by atoms with Crippen molar-refractivity contribution in [3.8, 4) is 0 Å². The smallest absolute Gasteiger partial charge is 0.125 e. The molecule has 0 unspecified atom stereocenters. The summed E-state index contributed by atoms with van der Waals surface area (Å²) < 4.78 is 22.8. The lowest BCUT2D eigenvalue weighted by Crippen LogP contribution is -2.12. The maximum Gasteiger partial charge on any atom is 0.125 e. The molecule has 1 rings (SSSR count). The van der Waals surface area contributed by atoms with Crippen molar-refractivity contribution in [2.24, 2.45) is 0 Å². The zero-order valence-corrected chi connectivity index (χ0v) is 9.33. The summed E-state index contributed by atoms with van der Waals surface area (Å²) in [6.07, 6.45) is 0. The van der Waals surface area contributed by atoms with Crippen molar-refractivity contribution in [3.05, 3.63) is 24.0 Å². The van der Waals surface area contributed by atoms with Gasteiger partial charge in [0.05, 0.1) is 31.2 Å². The highest BCUT2D eigenvalue weighted by molar-refractivity contribution is 5.65. The van der Waals surface area contributed by atoms with Gasteiger partial charge in [-0.2, -0.15) is 0 Å². The third-order valence-electron chi connectivity index (χ3n) is 2.01. The molecule has 0 aromatic heterocycles. The van der Waals surface area contributed by atoms with E-state index in [4.69, 9.17) is 15.2 Å². The first-order valence-corrected chi connectivity index (χ1v) is 5.09. The van der Waals surface area contributed by atoms with Gasteiger partial charge in [-0.1, -0.05) is 0 Å². The second-order valence-corrected chi connectivity index (χ2v) is 3.26. The number of benzene rings is 1. The summed E-state index contributed by atoms with van der Waals surface area (Å²) in [6.45, 7) is 2.33. The van der Waals surface area contributed by atoms with Gasteiger partial charge in [0.15, 0.2) is 0 Å². The van der Waals surface area contributed by atoms with E-state index in [1.165, 1.54) is 12.1 Å². The molecule has 0 fully saturated rings. The van der Waals surface area contributed by atoms with Crippen LogP contribution in [0.25, 0.3) is 0 Å². The molecule has 90 valence electrons. The van der Waals surface area contributed by atoms with Crippen molar-refractivity contribution >= 4 is 11.4 Å². The Hall–Kier alpha value is -1.33. The average Bonchev–Trinajstić information content (AvgIpc) is 2.26. The Kier molecular flexibility index (Phi) is 5.60. The van der Waals surface area contributed by atoms with Crippen LogP contribution in [0.1, 0.15) is 0 Å². The van der Waals surface area contributed by atoms with Crippen LogP contribution in [0.5, 0.6) is 0 Å². The summed E-state index contributed by atoms with van der Waals surface area (Å²) in [6, 6.07) is 4.26. The van der Waals surface area contributed by atoms with Gasteiger partial charge in [0.2, 0.25) is 0 Å². The van der Waals surface area contributed by atoms with Crippen molar-refractivity contribution in [1.29, 1.82) is 0 Å². The maximum atomic E-state index is 12.7. The van der Waals surface area contributed by atoms with E-state index in [1.807, 2.05) is 0 Å². The molecule has 5 heteroatoms. The molecule has 0 atom stereocenters. The number of nitrogens with two attached hydrogens (primary N) is 1. The molecule has 0 bridgehead atoms. The number of hydrogen-bond donors (Lipinski definition) is 2. The first kappa shape index (κ1) is 12.7. The molecule has 0 saturated heterocycles. The van der Waals surface area contributed by atoms with Crippen LogP contribution >= 0.6 is 0 Å². The third kappa shape index (κ3) is 4.46. The van der Waals surface area contributed by atoms with Crippen molar-refractivity contribution in [2.45, 2.75) is 0 Å². The molecule has 16 heavy (non-hydrogen) atoms. The summed E-state index contributed by atoms with van der Waals surface area (Å²) in [5.41, 5.74) is 6.74. The van der Waals surface area contributed by atoms with Crippen LogP contribution in [0.15, 0.2) is 18.2 Å². The first-order valence-electron chi connectivity index (χ1n) is 5.09. The molecule has 0 aliphatic heterocycles. The Morgan fingerprint density at radius 2 is 2.12 bits per heavy atom. The summed E-state index contributed by atoms with van der Waals surface area (Å²) in [4.78, 5) is 0. The Balaban J connectivity index is 2.21. The lowest BCUT2D eigenvalue weighted by molar-refractivity contribution is 0.0759. The number of nitrogen functional groups attached to an aromatic ring is 1. The molecule has 0 saturated carbocycles. The van der Waals surface area contributed by atoms with Gasteiger partial charge in [-0.05, 0) is 18.2 Å². The van der Waals surface area contributed by atoms with Crippen LogP contribution in [0.4, 0.5) is 15.8 Å². The fourth-order valence-electron chi connectivity index (χ4n) is 1.20. The molecule has 1 aromatic carbocycles. The highest BCUT2D eigenvalue weighted by Gasteiger charge is 1.99. The molecule has 1 aromatic rings. The molecular formula is C11H17FN2O2.